The van der Waals surface area contributed by atoms with Gasteiger partial charge in [-0.25, -0.2) is 4.79 Å². The van der Waals surface area contributed by atoms with Crippen molar-refractivity contribution < 1.29 is 14.7 Å². The molecule has 0 bridgehead atoms. The van der Waals surface area contributed by atoms with E-state index >= 15 is 0 Å². The largest absolute Gasteiger partial charge is 0.480 e. The van der Waals surface area contributed by atoms with Gasteiger partial charge in [-0.15, -0.1) is 0 Å². The third-order valence-corrected chi connectivity index (χ3v) is 3.25. The van der Waals surface area contributed by atoms with Gasteiger partial charge in [0.2, 0.25) is 5.91 Å². The Balaban J connectivity index is 2.16. The van der Waals surface area contributed by atoms with Crippen LogP contribution < -0.4 is 10.6 Å². The first-order chi connectivity index (χ1) is 8.13. The third kappa shape index (κ3) is 6.53. The lowest BCUT2D eigenvalue weighted by Gasteiger charge is -2.13. The maximum Gasteiger partial charge on any atom is 0.326 e. The number of rotatable bonds is 9. The van der Waals surface area contributed by atoms with Crippen molar-refractivity contribution in [1.29, 1.82) is 0 Å². The summed E-state index contributed by atoms with van der Waals surface area (Å²) in [7, 11) is 0. The van der Waals surface area contributed by atoms with Crippen LogP contribution in [0.25, 0.3) is 0 Å². The molecule has 1 unspecified atom stereocenters. The average molecular weight is 260 g/mol. The molecule has 0 spiro atoms. The van der Waals surface area contributed by atoms with Crippen LogP contribution in [0.1, 0.15) is 25.7 Å². The zero-order chi connectivity index (χ0) is 12.7. The van der Waals surface area contributed by atoms with Crippen molar-refractivity contribution >= 4 is 23.6 Å². The van der Waals surface area contributed by atoms with E-state index in [0.717, 1.165) is 5.75 Å². The minimum Gasteiger partial charge on any atom is -0.480 e. The molecule has 6 heteroatoms. The minimum atomic E-state index is -0.956. The van der Waals surface area contributed by atoms with Crippen LogP contribution in [0.3, 0.4) is 0 Å². The van der Waals surface area contributed by atoms with Gasteiger partial charge in [0, 0.05) is 19.0 Å². The molecule has 0 aromatic heterocycles. The van der Waals surface area contributed by atoms with Crippen LogP contribution in [0.2, 0.25) is 0 Å². The van der Waals surface area contributed by atoms with Crippen molar-refractivity contribution in [1.82, 2.24) is 10.6 Å². The summed E-state index contributed by atoms with van der Waals surface area (Å²) in [5, 5.41) is 14.7. The molecular weight excluding hydrogens is 240 g/mol. The number of carbonyl (C=O) groups excluding carboxylic acids is 1. The Kier molecular flexibility index (Phi) is 6.36. The SMILES string of the molecule is CSCCC(NC(=O)CCNC1CC1)C(=O)O. The third-order valence-electron chi connectivity index (χ3n) is 2.61. The number of aliphatic carboxylic acids is 1. The van der Waals surface area contributed by atoms with E-state index in [0.29, 0.717) is 25.4 Å². The van der Waals surface area contributed by atoms with Gasteiger partial charge in [0.15, 0.2) is 0 Å². The molecule has 1 aliphatic rings. The highest BCUT2D eigenvalue weighted by Gasteiger charge is 2.21. The van der Waals surface area contributed by atoms with Crippen LogP contribution in [-0.4, -0.2) is 47.6 Å². The van der Waals surface area contributed by atoms with Crippen molar-refractivity contribution in [2.45, 2.75) is 37.8 Å². The summed E-state index contributed by atoms with van der Waals surface area (Å²) >= 11 is 1.58. The van der Waals surface area contributed by atoms with E-state index in [-0.39, 0.29) is 5.91 Å². The van der Waals surface area contributed by atoms with Gasteiger partial charge in [-0.05, 0) is 31.3 Å². The molecule has 5 nitrogen and oxygen atoms in total. The molecule has 0 aromatic carbocycles. The zero-order valence-electron chi connectivity index (χ0n) is 10.1. The van der Waals surface area contributed by atoms with Gasteiger partial charge >= 0.3 is 5.97 Å². The number of amides is 1. The van der Waals surface area contributed by atoms with Gasteiger partial charge in [0.1, 0.15) is 6.04 Å². The first-order valence-electron chi connectivity index (χ1n) is 5.88. The molecule has 1 atom stereocenters. The Bertz CT molecular complexity index is 269. The summed E-state index contributed by atoms with van der Waals surface area (Å²) in [5.74, 6) is -0.411. The predicted octanol–water partition coefficient (Wildman–Crippen LogP) is 0.451. The number of carboxylic acids is 1. The summed E-state index contributed by atoms with van der Waals surface area (Å²) in [6.07, 6.45) is 5.11. The quantitative estimate of drug-likeness (QED) is 0.561. The maximum atomic E-state index is 11.5. The van der Waals surface area contributed by atoms with E-state index in [9.17, 15) is 9.59 Å². The summed E-state index contributed by atoms with van der Waals surface area (Å²) in [5.41, 5.74) is 0. The molecule has 98 valence electrons. The van der Waals surface area contributed by atoms with Crippen molar-refractivity contribution in [3.63, 3.8) is 0 Å². The fourth-order valence-electron chi connectivity index (χ4n) is 1.44. The smallest absolute Gasteiger partial charge is 0.326 e. The molecule has 0 aromatic rings. The van der Waals surface area contributed by atoms with E-state index < -0.39 is 12.0 Å². The normalized spacial score (nSPS) is 16.5. The highest BCUT2D eigenvalue weighted by molar-refractivity contribution is 7.98. The maximum absolute atomic E-state index is 11.5. The minimum absolute atomic E-state index is 0.188. The van der Waals surface area contributed by atoms with Crippen LogP contribution in [0, 0.1) is 0 Å². The molecule has 0 saturated heterocycles. The van der Waals surface area contributed by atoms with Crippen molar-refractivity contribution in [2.75, 3.05) is 18.6 Å². The zero-order valence-corrected chi connectivity index (χ0v) is 10.9. The summed E-state index contributed by atoms with van der Waals surface area (Å²) in [4.78, 5) is 22.4. The Morgan fingerprint density at radius 2 is 2.18 bits per heavy atom. The highest BCUT2D eigenvalue weighted by Crippen LogP contribution is 2.18. The standard InChI is InChI=1S/C11H20N2O3S/c1-17-7-5-9(11(15)16)13-10(14)4-6-12-8-2-3-8/h8-9,12H,2-7H2,1H3,(H,13,14)(H,15,16). The van der Waals surface area contributed by atoms with Crippen LogP contribution in [0.5, 0.6) is 0 Å². The number of thioether (sulfide) groups is 1. The van der Waals surface area contributed by atoms with Crippen LogP contribution in [-0.2, 0) is 9.59 Å². The topological polar surface area (TPSA) is 78.4 Å². The van der Waals surface area contributed by atoms with E-state index in [2.05, 4.69) is 10.6 Å². The van der Waals surface area contributed by atoms with Gasteiger partial charge in [-0.2, -0.15) is 11.8 Å². The first kappa shape index (κ1) is 14.3. The lowest BCUT2D eigenvalue weighted by molar-refractivity contribution is -0.141. The molecule has 3 N–H and O–H groups in total. The second kappa shape index (κ2) is 7.55. The van der Waals surface area contributed by atoms with Gasteiger partial charge in [-0.3, -0.25) is 4.79 Å². The van der Waals surface area contributed by atoms with Crippen molar-refractivity contribution in [3.8, 4) is 0 Å². The molecular formula is C11H20N2O3S. The Labute approximate surface area is 106 Å². The molecule has 1 saturated carbocycles. The molecule has 1 rings (SSSR count). The van der Waals surface area contributed by atoms with E-state index in [1.807, 2.05) is 6.26 Å². The van der Waals surface area contributed by atoms with Crippen LogP contribution in [0.4, 0.5) is 0 Å². The monoisotopic (exact) mass is 260 g/mol. The summed E-state index contributed by atoms with van der Waals surface area (Å²) < 4.78 is 0. The molecule has 0 radical (unpaired) electrons. The van der Waals surface area contributed by atoms with Gasteiger partial charge < -0.3 is 15.7 Å². The summed E-state index contributed by atoms with van der Waals surface area (Å²) in [6, 6.07) is -0.176. The fraction of sp³-hybridized carbons (Fsp3) is 0.818. The Morgan fingerprint density at radius 3 is 2.71 bits per heavy atom. The van der Waals surface area contributed by atoms with E-state index in [4.69, 9.17) is 5.11 Å². The predicted molar refractivity (Wildman–Crippen MR) is 68.2 cm³/mol. The van der Waals surface area contributed by atoms with E-state index in [1.54, 1.807) is 11.8 Å². The van der Waals surface area contributed by atoms with Gasteiger partial charge in [0.25, 0.3) is 0 Å². The number of carbonyl (C=O) groups is 2. The highest BCUT2D eigenvalue weighted by atomic mass is 32.2. The van der Waals surface area contributed by atoms with Gasteiger partial charge in [0.05, 0.1) is 0 Å². The molecule has 1 aliphatic carbocycles. The second-order valence-electron chi connectivity index (χ2n) is 4.22. The van der Waals surface area contributed by atoms with E-state index in [1.165, 1.54) is 12.8 Å². The lowest BCUT2D eigenvalue weighted by atomic mass is 10.2. The average Bonchev–Trinajstić information content (AvgIpc) is 3.07. The fourth-order valence-corrected chi connectivity index (χ4v) is 1.91. The molecule has 1 amide bonds. The summed E-state index contributed by atoms with van der Waals surface area (Å²) in [6.45, 7) is 0.630. The number of hydrogen-bond donors (Lipinski definition) is 3. The Morgan fingerprint density at radius 1 is 1.47 bits per heavy atom. The Hall–Kier alpha value is -0.750. The lowest BCUT2D eigenvalue weighted by Crippen LogP contribution is -2.42. The number of nitrogens with one attached hydrogen (secondary N) is 2. The van der Waals surface area contributed by atoms with Crippen LogP contribution in [0.15, 0.2) is 0 Å². The first-order valence-corrected chi connectivity index (χ1v) is 7.27. The van der Waals surface area contributed by atoms with Crippen LogP contribution >= 0.6 is 11.8 Å². The molecule has 1 fully saturated rings. The van der Waals surface area contributed by atoms with Crippen molar-refractivity contribution in [3.05, 3.63) is 0 Å². The molecule has 0 aliphatic heterocycles. The van der Waals surface area contributed by atoms with Gasteiger partial charge in [-0.1, -0.05) is 0 Å². The molecule has 0 heterocycles. The molecule has 17 heavy (non-hydrogen) atoms. The second-order valence-corrected chi connectivity index (χ2v) is 5.20. The van der Waals surface area contributed by atoms with Crippen molar-refractivity contribution in [2.24, 2.45) is 0 Å². The number of carboxylic acid groups (broad SMARTS) is 1. The number of hydrogen-bond acceptors (Lipinski definition) is 4.